The van der Waals surface area contributed by atoms with Crippen molar-refractivity contribution < 1.29 is 4.39 Å². The van der Waals surface area contributed by atoms with Gasteiger partial charge in [0, 0.05) is 35.0 Å². The van der Waals surface area contributed by atoms with E-state index in [1.54, 1.807) is 18.5 Å². The van der Waals surface area contributed by atoms with Crippen molar-refractivity contribution in [1.82, 2.24) is 24.9 Å². The van der Waals surface area contributed by atoms with E-state index in [4.69, 9.17) is 4.98 Å². The number of nitrogens with one attached hydrogen (secondary N) is 2. The molecule has 4 aromatic heterocycles. The second kappa shape index (κ2) is 9.23. The zero-order valence-electron chi connectivity index (χ0n) is 19.8. The summed E-state index contributed by atoms with van der Waals surface area (Å²) in [6.07, 6.45) is 4.68. The van der Waals surface area contributed by atoms with Gasteiger partial charge in [-0.3, -0.25) is 9.78 Å². The van der Waals surface area contributed by atoms with E-state index in [9.17, 15) is 9.18 Å². The molecule has 0 amide bonds. The molecule has 8 heteroatoms. The topological polar surface area (TPSA) is 96.5 Å². The van der Waals surface area contributed by atoms with Crippen molar-refractivity contribution in [2.75, 3.05) is 5.32 Å². The van der Waals surface area contributed by atoms with E-state index < -0.39 is 0 Å². The molecule has 0 radical (unpaired) electrons. The van der Waals surface area contributed by atoms with Crippen molar-refractivity contribution in [1.29, 1.82) is 0 Å². The van der Waals surface area contributed by atoms with E-state index in [-0.39, 0.29) is 17.3 Å². The predicted molar refractivity (Wildman–Crippen MR) is 143 cm³/mol. The van der Waals surface area contributed by atoms with Crippen LogP contribution in [0.25, 0.3) is 44.3 Å². The SMILES string of the molecule is C[C@H](Nc1ncnc2[nH]ccc(=O)c12)c1nc2ccc(F)cc2c(-c2ccccn2)c1-c1ccccc1. The highest BCUT2D eigenvalue weighted by Crippen LogP contribution is 2.41. The van der Waals surface area contributed by atoms with Crippen molar-refractivity contribution in [3.05, 3.63) is 113 Å². The number of anilines is 1. The molecule has 2 N–H and O–H groups in total. The van der Waals surface area contributed by atoms with Gasteiger partial charge in [-0.2, -0.15) is 0 Å². The van der Waals surface area contributed by atoms with Gasteiger partial charge in [-0.1, -0.05) is 36.4 Å². The summed E-state index contributed by atoms with van der Waals surface area (Å²) in [5, 5.41) is 4.41. The molecule has 6 rings (SSSR count). The van der Waals surface area contributed by atoms with Crippen LogP contribution in [0.3, 0.4) is 0 Å². The van der Waals surface area contributed by atoms with Gasteiger partial charge in [0.15, 0.2) is 5.43 Å². The molecule has 6 aromatic rings. The van der Waals surface area contributed by atoms with Crippen molar-refractivity contribution in [2.45, 2.75) is 13.0 Å². The smallest absolute Gasteiger partial charge is 0.194 e. The summed E-state index contributed by atoms with van der Waals surface area (Å²) in [6.45, 7) is 1.96. The van der Waals surface area contributed by atoms with Crippen LogP contribution >= 0.6 is 0 Å². The molecular weight excluding hydrogens is 467 g/mol. The fraction of sp³-hybridized carbons (Fsp3) is 0.0690. The molecular formula is C29H21FN6O. The number of benzene rings is 2. The van der Waals surface area contributed by atoms with E-state index in [1.807, 2.05) is 55.5 Å². The third kappa shape index (κ3) is 4.08. The largest absolute Gasteiger partial charge is 0.361 e. The Kier molecular flexibility index (Phi) is 5.61. The second-order valence-electron chi connectivity index (χ2n) is 8.64. The van der Waals surface area contributed by atoms with Gasteiger partial charge in [0.2, 0.25) is 0 Å². The van der Waals surface area contributed by atoms with Crippen molar-refractivity contribution in [3.63, 3.8) is 0 Å². The van der Waals surface area contributed by atoms with Gasteiger partial charge >= 0.3 is 0 Å². The lowest BCUT2D eigenvalue weighted by molar-refractivity contribution is 0.629. The summed E-state index contributed by atoms with van der Waals surface area (Å²) >= 11 is 0. The first kappa shape index (κ1) is 22.5. The van der Waals surface area contributed by atoms with Crippen LogP contribution in [0.2, 0.25) is 0 Å². The van der Waals surface area contributed by atoms with Crippen molar-refractivity contribution >= 4 is 27.8 Å². The molecule has 0 aliphatic carbocycles. The number of aromatic amines is 1. The van der Waals surface area contributed by atoms with Crippen LogP contribution in [0.4, 0.5) is 10.2 Å². The van der Waals surface area contributed by atoms with Crippen LogP contribution in [0.5, 0.6) is 0 Å². The Morgan fingerprint density at radius 1 is 0.919 bits per heavy atom. The molecule has 1 atom stereocenters. The molecule has 180 valence electrons. The predicted octanol–water partition coefficient (Wildman–Crippen LogP) is 5.91. The number of nitrogens with zero attached hydrogens (tertiary/aromatic N) is 4. The Balaban J connectivity index is 1.63. The molecule has 0 aliphatic heterocycles. The normalized spacial score (nSPS) is 12.1. The number of pyridine rings is 3. The van der Waals surface area contributed by atoms with Crippen molar-refractivity contribution in [2.24, 2.45) is 0 Å². The highest BCUT2D eigenvalue weighted by atomic mass is 19.1. The minimum atomic E-state index is -0.384. The number of halogens is 1. The van der Waals surface area contributed by atoms with Crippen molar-refractivity contribution in [3.8, 4) is 22.4 Å². The quantitative estimate of drug-likeness (QED) is 0.313. The van der Waals surface area contributed by atoms with Crippen LogP contribution in [0, 0.1) is 5.82 Å². The monoisotopic (exact) mass is 488 g/mol. The molecule has 0 aliphatic rings. The lowest BCUT2D eigenvalue weighted by Crippen LogP contribution is -2.15. The van der Waals surface area contributed by atoms with E-state index >= 15 is 0 Å². The summed E-state index contributed by atoms with van der Waals surface area (Å²) < 4.78 is 14.5. The van der Waals surface area contributed by atoms with Gasteiger partial charge in [0.1, 0.15) is 29.0 Å². The Hall–Kier alpha value is -4.98. The van der Waals surface area contributed by atoms with E-state index in [0.717, 1.165) is 16.7 Å². The Morgan fingerprint density at radius 3 is 2.57 bits per heavy atom. The maximum atomic E-state index is 14.5. The first-order valence-electron chi connectivity index (χ1n) is 11.8. The molecule has 0 saturated heterocycles. The Morgan fingerprint density at radius 2 is 1.76 bits per heavy atom. The van der Waals surface area contributed by atoms with Gasteiger partial charge in [-0.05, 0) is 42.8 Å². The Bertz CT molecular complexity index is 1800. The fourth-order valence-electron chi connectivity index (χ4n) is 4.63. The first-order valence-corrected chi connectivity index (χ1v) is 11.8. The van der Waals surface area contributed by atoms with Gasteiger partial charge in [-0.25, -0.2) is 19.3 Å². The van der Waals surface area contributed by atoms with Crippen LogP contribution in [-0.4, -0.2) is 24.9 Å². The average Bonchev–Trinajstić information content (AvgIpc) is 2.93. The van der Waals surface area contributed by atoms with Crippen LogP contribution in [0.15, 0.2) is 96.3 Å². The van der Waals surface area contributed by atoms with Crippen LogP contribution in [-0.2, 0) is 0 Å². The van der Waals surface area contributed by atoms with Gasteiger partial charge < -0.3 is 10.3 Å². The molecule has 37 heavy (non-hydrogen) atoms. The minimum absolute atomic E-state index is 0.191. The number of hydrogen-bond acceptors (Lipinski definition) is 6. The van der Waals surface area contributed by atoms with Gasteiger partial charge in [0.25, 0.3) is 0 Å². The molecule has 0 bridgehead atoms. The van der Waals surface area contributed by atoms with Crippen LogP contribution < -0.4 is 10.7 Å². The molecule has 0 saturated carbocycles. The highest BCUT2D eigenvalue weighted by Gasteiger charge is 2.23. The molecule has 0 spiro atoms. The Labute approximate surface area is 211 Å². The fourth-order valence-corrected chi connectivity index (χ4v) is 4.63. The van der Waals surface area contributed by atoms with Gasteiger partial charge in [-0.15, -0.1) is 0 Å². The number of aromatic nitrogens is 5. The molecule has 2 aromatic carbocycles. The summed E-state index contributed by atoms with van der Waals surface area (Å²) in [4.78, 5) is 33.8. The number of fused-ring (bicyclic) bond motifs is 2. The standard InChI is InChI=1S/C29H21FN6O/c1-17(35-29-26-23(37)12-14-32-28(26)33-16-34-29)27-24(18-7-3-2-4-8-18)25(22-9-5-6-13-31-22)20-15-19(30)10-11-21(20)36-27/h2-17H,1H3,(H2,32,33,34,35,37)/t17-/m0/s1. The maximum absolute atomic E-state index is 14.5. The molecule has 0 fully saturated rings. The summed E-state index contributed by atoms with van der Waals surface area (Å²) in [7, 11) is 0. The van der Waals surface area contributed by atoms with E-state index in [2.05, 4.69) is 25.3 Å². The molecule has 7 nitrogen and oxygen atoms in total. The minimum Gasteiger partial charge on any atom is -0.361 e. The summed E-state index contributed by atoms with van der Waals surface area (Å²) in [6, 6.07) is 21.1. The van der Waals surface area contributed by atoms with E-state index in [1.165, 1.54) is 24.5 Å². The number of rotatable bonds is 5. The first-order chi connectivity index (χ1) is 18.1. The molecule has 4 heterocycles. The third-order valence-corrected chi connectivity index (χ3v) is 6.27. The summed E-state index contributed by atoms with van der Waals surface area (Å²) in [5.74, 6) is 0.0508. The zero-order chi connectivity index (χ0) is 25.4. The average molecular weight is 489 g/mol. The molecule has 0 unspecified atom stereocenters. The highest BCUT2D eigenvalue weighted by molar-refractivity contribution is 6.02. The van der Waals surface area contributed by atoms with Crippen LogP contribution in [0.1, 0.15) is 18.7 Å². The zero-order valence-corrected chi connectivity index (χ0v) is 19.8. The van der Waals surface area contributed by atoms with E-state index in [0.29, 0.717) is 39.1 Å². The second-order valence-corrected chi connectivity index (χ2v) is 8.64. The lowest BCUT2D eigenvalue weighted by Gasteiger charge is -2.22. The number of hydrogen-bond donors (Lipinski definition) is 2. The summed E-state index contributed by atoms with van der Waals surface area (Å²) in [5.41, 5.74) is 4.82. The lowest BCUT2D eigenvalue weighted by atomic mass is 9.90. The maximum Gasteiger partial charge on any atom is 0.194 e. The van der Waals surface area contributed by atoms with Gasteiger partial charge in [0.05, 0.1) is 22.9 Å². The third-order valence-electron chi connectivity index (χ3n) is 6.27. The number of H-pyrrole nitrogens is 1.